The summed E-state index contributed by atoms with van der Waals surface area (Å²) < 4.78 is 1.81. The van der Waals surface area contributed by atoms with Crippen LogP contribution in [0.4, 0.5) is 10.5 Å². The van der Waals surface area contributed by atoms with E-state index in [0.29, 0.717) is 31.9 Å². The van der Waals surface area contributed by atoms with Crippen molar-refractivity contribution in [3.8, 4) is 5.69 Å². The molecule has 2 aliphatic rings. The summed E-state index contributed by atoms with van der Waals surface area (Å²) in [6.07, 6.45) is 5.02. The van der Waals surface area contributed by atoms with Gasteiger partial charge in [0.2, 0.25) is 0 Å². The molecule has 2 fully saturated rings. The second-order valence-corrected chi connectivity index (χ2v) is 6.78. The number of nitrogens with one attached hydrogen (secondary N) is 1. The minimum Gasteiger partial charge on any atom is -0.336 e. The Labute approximate surface area is 160 Å². The molecule has 0 saturated carbocycles. The third kappa shape index (κ3) is 2.79. The van der Waals surface area contributed by atoms with E-state index >= 15 is 0 Å². The smallest absolute Gasteiger partial charge is 0.322 e. The molecule has 5 rings (SSSR count). The van der Waals surface area contributed by atoms with E-state index in [1.54, 1.807) is 16.0 Å². The Morgan fingerprint density at radius 3 is 2.64 bits per heavy atom. The summed E-state index contributed by atoms with van der Waals surface area (Å²) in [7, 11) is 0. The Kier molecular flexibility index (Phi) is 3.81. The zero-order chi connectivity index (χ0) is 19.1. The number of amides is 3. The molecule has 1 N–H and O–H groups in total. The molecule has 2 aliphatic heterocycles. The summed E-state index contributed by atoms with van der Waals surface area (Å²) in [5, 5.41) is 15.6. The van der Waals surface area contributed by atoms with Gasteiger partial charge in [0.1, 0.15) is 0 Å². The van der Waals surface area contributed by atoms with Gasteiger partial charge >= 0.3 is 6.03 Å². The molecule has 4 heterocycles. The lowest BCUT2D eigenvalue weighted by Gasteiger charge is -2.38. The molecular formula is C18H18N8O2. The van der Waals surface area contributed by atoms with Crippen LogP contribution < -0.4 is 10.2 Å². The predicted octanol–water partition coefficient (Wildman–Crippen LogP) is 0.690. The minimum atomic E-state index is -0.148. The number of aromatic nitrogens is 5. The molecule has 3 aromatic rings. The number of rotatable bonds is 4. The van der Waals surface area contributed by atoms with Gasteiger partial charge in [-0.2, -0.15) is 15.0 Å². The van der Waals surface area contributed by atoms with Gasteiger partial charge in [-0.15, -0.1) is 5.10 Å². The molecule has 2 aromatic heterocycles. The monoisotopic (exact) mass is 378 g/mol. The predicted molar refractivity (Wildman–Crippen MR) is 99.3 cm³/mol. The summed E-state index contributed by atoms with van der Waals surface area (Å²) in [5.74, 6) is -0.148. The maximum Gasteiger partial charge on any atom is 0.322 e. The number of urea groups is 1. The van der Waals surface area contributed by atoms with Crippen LogP contribution in [-0.2, 0) is 0 Å². The average molecular weight is 378 g/mol. The van der Waals surface area contributed by atoms with Crippen LogP contribution in [0.15, 0.2) is 48.9 Å². The number of para-hydroxylation sites is 1. The number of carbonyl (C=O) groups is 2. The number of benzene rings is 1. The van der Waals surface area contributed by atoms with E-state index in [1.807, 2.05) is 41.2 Å². The van der Waals surface area contributed by atoms with Crippen molar-refractivity contribution in [1.82, 2.24) is 35.0 Å². The zero-order valence-corrected chi connectivity index (χ0v) is 15.0. The fourth-order valence-corrected chi connectivity index (χ4v) is 3.38. The molecule has 28 heavy (non-hydrogen) atoms. The Morgan fingerprint density at radius 1 is 1.07 bits per heavy atom. The minimum absolute atomic E-state index is 0.0903. The van der Waals surface area contributed by atoms with Gasteiger partial charge in [0.15, 0.2) is 5.69 Å². The topological polar surface area (TPSA) is 101 Å². The molecular weight excluding hydrogens is 360 g/mol. The van der Waals surface area contributed by atoms with Crippen LogP contribution in [0, 0.1) is 0 Å². The number of anilines is 1. The summed E-state index contributed by atoms with van der Waals surface area (Å²) in [5.41, 5.74) is 1.89. The number of likely N-dealkylation sites (tertiary alicyclic amines) is 1. The first-order chi connectivity index (χ1) is 13.7. The van der Waals surface area contributed by atoms with Crippen LogP contribution in [0.1, 0.15) is 16.5 Å². The van der Waals surface area contributed by atoms with Crippen LogP contribution in [0.25, 0.3) is 5.69 Å². The number of nitrogens with zero attached hydrogens (tertiary/aromatic N) is 7. The maximum absolute atomic E-state index is 12.6. The van der Waals surface area contributed by atoms with Crippen molar-refractivity contribution in [3.05, 3.63) is 54.6 Å². The van der Waals surface area contributed by atoms with Crippen LogP contribution in [0.3, 0.4) is 0 Å². The number of hydrogen-bond donors (Lipinski definition) is 1. The van der Waals surface area contributed by atoms with E-state index in [-0.39, 0.29) is 18.0 Å². The van der Waals surface area contributed by atoms with Gasteiger partial charge in [-0.1, -0.05) is 18.2 Å². The quantitative estimate of drug-likeness (QED) is 0.720. The standard InChI is InChI=1S/C18H18N8O2/c27-17(16-9-21-26(22-16)13-4-2-1-3-5-13)23-10-15(11-23)25-12-14(8-20-25)24-7-6-19-18(24)28/h1-5,8-9,12,15H,6-7,10-11H2,(H,19,28). The first-order valence-corrected chi connectivity index (χ1v) is 9.05. The first-order valence-electron chi connectivity index (χ1n) is 9.05. The highest BCUT2D eigenvalue weighted by Gasteiger charge is 2.35. The molecule has 0 atom stereocenters. The van der Waals surface area contributed by atoms with E-state index < -0.39 is 0 Å². The number of carbonyl (C=O) groups excluding carboxylic acids is 2. The summed E-state index contributed by atoms with van der Waals surface area (Å²) in [6.45, 7) is 2.37. The molecule has 0 bridgehead atoms. The molecule has 10 nitrogen and oxygen atoms in total. The van der Waals surface area contributed by atoms with Crippen molar-refractivity contribution in [2.45, 2.75) is 6.04 Å². The van der Waals surface area contributed by atoms with E-state index in [2.05, 4.69) is 20.6 Å². The summed E-state index contributed by atoms with van der Waals surface area (Å²) in [4.78, 5) is 29.2. The fourth-order valence-electron chi connectivity index (χ4n) is 3.38. The third-order valence-electron chi connectivity index (χ3n) is 4.98. The lowest BCUT2D eigenvalue weighted by molar-refractivity contribution is 0.0495. The van der Waals surface area contributed by atoms with E-state index in [4.69, 9.17) is 0 Å². The number of hydrogen-bond acceptors (Lipinski definition) is 5. The molecule has 142 valence electrons. The van der Waals surface area contributed by atoms with Crippen LogP contribution in [0.2, 0.25) is 0 Å². The normalized spacial score (nSPS) is 16.9. The lowest BCUT2D eigenvalue weighted by atomic mass is 10.1. The molecule has 1 aromatic carbocycles. The first kappa shape index (κ1) is 16.5. The van der Waals surface area contributed by atoms with Crippen LogP contribution in [0.5, 0.6) is 0 Å². The lowest BCUT2D eigenvalue weighted by Crippen LogP contribution is -2.51. The SMILES string of the molecule is O=C(c1cnn(-c2ccccc2)n1)N1CC(n2cc(N3CCNC3=O)cn2)C1. The van der Waals surface area contributed by atoms with Crippen molar-refractivity contribution in [1.29, 1.82) is 0 Å². The van der Waals surface area contributed by atoms with Gasteiger partial charge in [-0.05, 0) is 12.1 Å². The van der Waals surface area contributed by atoms with Crippen LogP contribution >= 0.6 is 0 Å². The van der Waals surface area contributed by atoms with Crippen molar-refractivity contribution < 1.29 is 9.59 Å². The highest BCUT2D eigenvalue weighted by Crippen LogP contribution is 2.25. The molecule has 10 heteroatoms. The van der Waals surface area contributed by atoms with Crippen LogP contribution in [-0.4, -0.2) is 67.8 Å². The Bertz CT molecular complexity index is 1020. The van der Waals surface area contributed by atoms with Gasteiger partial charge in [-0.25, -0.2) is 4.79 Å². The Morgan fingerprint density at radius 2 is 1.89 bits per heavy atom. The van der Waals surface area contributed by atoms with E-state index in [9.17, 15) is 9.59 Å². The Balaban J connectivity index is 1.23. The van der Waals surface area contributed by atoms with E-state index in [0.717, 1.165) is 11.4 Å². The van der Waals surface area contributed by atoms with Crippen molar-refractivity contribution in [2.75, 3.05) is 31.1 Å². The Hall–Kier alpha value is -3.69. The van der Waals surface area contributed by atoms with Crippen molar-refractivity contribution in [3.63, 3.8) is 0 Å². The summed E-state index contributed by atoms with van der Waals surface area (Å²) >= 11 is 0. The zero-order valence-electron chi connectivity index (χ0n) is 15.0. The van der Waals surface area contributed by atoms with Gasteiger partial charge in [-0.3, -0.25) is 14.4 Å². The second kappa shape index (κ2) is 6.48. The largest absolute Gasteiger partial charge is 0.336 e. The van der Waals surface area contributed by atoms with Gasteiger partial charge < -0.3 is 10.2 Å². The highest BCUT2D eigenvalue weighted by atomic mass is 16.2. The third-order valence-corrected chi connectivity index (χ3v) is 4.98. The average Bonchev–Trinajstić information content (AvgIpc) is 3.41. The molecule has 0 spiro atoms. The molecule has 0 radical (unpaired) electrons. The van der Waals surface area contributed by atoms with Gasteiger partial charge in [0.05, 0.1) is 29.8 Å². The molecule has 2 saturated heterocycles. The second-order valence-electron chi connectivity index (χ2n) is 6.78. The van der Waals surface area contributed by atoms with E-state index in [1.165, 1.54) is 11.0 Å². The highest BCUT2D eigenvalue weighted by molar-refractivity contribution is 5.94. The molecule has 0 unspecified atom stereocenters. The molecule has 0 aliphatic carbocycles. The van der Waals surface area contributed by atoms with Crippen molar-refractivity contribution >= 4 is 17.6 Å². The summed E-state index contributed by atoms with van der Waals surface area (Å²) in [6, 6.07) is 9.44. The molecule has 3 amide bonds. The van der Waals surface area contributed by atoms with Gasteiger partial charge in [0.25, 0.3) is 5.91 Å². The van der Waals surface area contributed by atoms with Gasteiger partial charge in [0, 0.05) is 32.4 Å². The van der Waals surface area contributed by atoms with Crippen molar-refractivity contribution in [2.24, 2.45) is 0 Å². The fraction of sp³-hybridized carbons (Fsp3) is 0.278. The maximum atomic E-state index is 12.6.